The number of nitrogens with zero attached hydrogens (tertiary/aromatic N) is 1. The smallest absolute Gasteiger partial charge is 0.306 e. The molecule has 0 aromatic heterocycles. The maximum absolute atomic E-state index is 13.7. The predicted molar refractivity (Wildman–Crippen MR) is 99.1 cm³/mol. The summed E-state index contributed by atoms with van der Waals surface area (Å²) >= 11 is 3.18. The van der Waals surface area contributed by atoms with Gasteiger partial charge in [0.05, 0.1) is 10.7 Å². The van der Waals surface area contributed by atoms with Crippen molar-refractivity contribution in [1.29, 1.82) is 0 Å². The van der Waals surface area contributed by atoms with Crippen LogP contribution >= 0.6 is 15.9 Å². The van der Waals surface area contributed by atoms with E-state index < -0.39 is 21.5 Å². The van der Waals surface area contributed by atoms with Crippen molar-refractivity contribution in [3.63, 3.8) is 0 Å². The maximum atomic E-state index is 13.7. The molecule has 0 unspecified atom stereocenters. The van der Waals surface area contributed by atoms with Gasteiger partial charge in [-0.1, -0.05) is 12.1 Å². The van der Waals surface area contributed by atoms with Crippen LogP contribution in [0.25, 0.3) is 0 Å². The molecule has 1 heterocycles. The highest BCUT2D eigenvalue weighted by Gasteiger charge is 2.40. The summed E-state index contributed by atoms with van der Waals surface area (Å²) in [5, 5.41) is 0. The Morgan fingerprint density at radius 3 is 2.46 bits per heavy atom. The highest BCUT2D eigenvalue weighted by molar-refractivity contribution is 9.10. The second-order valence-corrected chi connectivity index (χ2v) is 8.42. The number of rotatable bonds is 4. The molecule has 2 aromatic rings. The minimum Gasteiger partial charge on any atom is -0.462 e. The van der Waals surface area contributed by atoms with Crippen molar-refractivity contribution >= 4 is 32.1 Å². The molecule has 1 atom stereocenters. The average molecular weight is 443 g/mol. The van der Waals surface area contributed by atoms with Crippen molar-refractivity contribution in [1.82, 2.24) is 0 Å². The lowest BCUT2D eigenvalue weighted by Crippen LogP contribution is -2.27. The van der Waals surface area contributed by atoms with Crippen LogP contribution in [0.3, 0.4) is 0 Å². The van der Waals surface area contributed by atoms with Gasteiger partial charge >= 0.3 is 10.1 Å². The zero-order valence-electron chi connectivity index (χ0n) is 14.0. The van der Waals surface area contributed by atoms with Crippen LogP contribution in [0.1, 0.15) is 16.7 Å². The fraction of sp³-hybridized carbons (Fsp3) is 0.235. The molecular formula is C17H16BrFN2O4S. The minimum atomic E-state index is -3.64. The summed E-state index contributed by atoms with van der Waals surface area (Å²) in [7, 11) is -3.64. The molecule has 6 nitrogen and oxygen atoms in total. The maximum Gasteiger partial charge on any atom is 0.306 e. The van der Waals surface area contributed by atoms with Crippen LogP contribution in [-0.4, -0.2) is 27.3 Å². The van der Waals surface area contributed by atoms with Crippen molar-refractivity contribution in [2.75, 3.05) is 12.9 Å². The quantitative estimate of drug-likeness (QED) is 0.734. The van der Waals surface area contributed by atoms with E-state index in [4.69, 9.17) is 14.7 Å². The Hall–Kier alpha value is -2.13. The molecule has 0 saturated heterocycles. The first-order chi connectivity index (χ1) is 12.1. The van der Waals surface area contributed by atoms with Crippen molar-refractivity contribution < 1.29 is 21.7 Å². The van der Waals surface area contributed by atoms with Crippen LogP contribution < -0.4 is 9.92 Å². The second-order valence-electron chi connectivity index (χ2n) is 6.00. The largest absolute Gasteiger partial charge is 0.462 e. The van der Waals surface area contributed by atoms with E-state index in [1.165, 1.54) is 6.07 Å². The minimum absolute atomic E-state index is 0.0274. The van der Waals surface area contributed by atoms with Gasteiger partial charge in [-0.05, 0) is 63.8 Å². The fourth-order valence-corrected chi connectivity index (χ4v) is 3.70. The molecule has 2 aromatic carbocycles. The van der Waals surface area contributed by atoms with Crippen LogP contribution in [0.15, 0.2) is 45.9 Å². The summed E-state index contributed by atoms with van der Waals surface area (Å²) in [6.45, 7) is 1.86. The first-order valence-corrected chi connectivity index (χ1v) is 10.2. The van der Waals surface area contributed by atoms with Crippen LogP contribution in [0, 0.1) is 12.7 Å². The van der Waals surface area contributed by atoms with Gasteiger partial charge in [-0.25, -0.2) is 9.38 Å². The van der Waals surface area contributed by atoms with Crippen molar-refractivity contribution in [3.05, 3.63) is 63.4 Å². The van der Waals surface area contributed by atoms with Crippen molar-refractivity contribution in [2.24, 2.45) is 10.7 Å². The first-order valence-electron chi connectivity index (χ1n) is 7.55. The van der Waals surface area contributed by atoms with Gasteiger partial charge in [-0.2, -0.15) is 8.42 Å². The Labute approximate surface area is 159 Å². The summed E-state index contributed by atoms with van der Waals surface area (Å²) in [5.74, 6) is -0.171. The lowest BCUT2D eigenvalue weighted by atomic mass is 9.83. The van der Waals surface area contributed by atoms with E-state index in [0.29, 0.717) is 15.6 Å². The monoisotopic (exact) mass is 442 g/mol. The van der Waals surface area contributed by atoms with E-state index in [2.05, 4.69) is 20.9 Å². The highest BCUT2D eigenvalue weighted by atomic mass is 79.9. The van der Waals surface area contributed by atoms with Gasteiger partial charge < -0.3 is 14.7 Å². The number of amidine groups is 1. The number of hydrogen-bond donors (Lipinski definition) is 1. The number of hydrogen-bond acceptors (Lipinski definition) is 6. The van der Waals surface area contributed by atoms with Gasteiger partial charge in [0.25, 0.3) is 6.02 Å². The van der Waals surface area contributed by atoms with Crippen LogP contribution in [-0.2, 0) is 20.4 Å². The van der Waals surface area contributed by atoms with Crippen molar-refractivity contribution in [3.8, 4) is 5.75 Å². The molecule has 1 aliphatic heterocycles. The van der Waals surface area contributed by atoms with Gasteiger partial charge in [0.15, 0.2) is 5.54 Å². The number of nitrogens with two attached hydrogens (primary N) is 1. The van der Waals surface area contributed by atoms with E-state index >= 15 is 0 Å². The molecule has 0 amide bonds. The van der Waals surface area contributed by atoms with E-state index in [-0.39, 0.29) is 18.4 Å². The Kier molecular flexibility index (Phi) is 4.70. The van der Waals surface area contributed by atoms with E-state index in [1.807, 2.05) is 0 Å². The Balaban J connectivity index is 2.13. The average Bonchev–Trinajstić information content (AvgIpc) is 2.94. The summed E-state index contributed by atoms with van der Waals surface area (Å²) < 4.78 is 47.0. The molecule has 9 heteroatoms. The lowest BCUT2D eigenvalue weighted by Gasteiger charge is -2.26. The lowest BCUT2D eigenvalue weighted by molar-refractivity contribution is 0.278. The van der Waals surface area contributed by atoms with Crippen molar-refractivity contribution in [2.45, 2.75) is 12.5 Å². The third kappa shape index (κ3) is 3.54. The molecule has 0 aliphatic carbocycles. The third-order valence-corrected chi connectivity index (χ3v) is 5.11. The molecule has 0 bridgehead atoms. The van der Waals surface area contributed by atoms with Gasteiger partial charge in [-0.15, -0.1) is 0 Å². The van der Waals surface area contributed by atoms with Gasteiger partial charge in [0.1, 0.15) is 18.2 Å². The molecule has 1 aliphatic rings. The molecule has 0 fully saturated rings. The molecule has 138 valence electrons. The van der Waals surface area contributed by atoms with Crippen LogP contribution in [0.4, 0.5) is 4.39 Å². The molecule has 0 saturated carbocycles. The number of halogens is 2. The summed E-state index contributed by atoms with van der Waals surface area (Å²) in [6.07, 6.45) is 0.980. The van der Waals surface area contributed by atoms with Crippen LogP contribution in [0.5, 0.6) is 5.75 Å². The molecular weight excluding hydrogens is 427 g/mol. The normalized spacial score (nSPS) is 19.8. The zero-order valence-corrected chi connectivity index (χ0v) is 16.4. The Bertz CT molecular complexity index is 1010. The molecule has 2 N–H and O–H groups in total. The summed E-state index contributed by atoms with van der Waals surface area (Å²) in [6, 6.07) is 9.59. The number of benzene rings is 2. The summed E-state index contributed by atoms with van der Waals surface area (Å²) in [5.41, 5.74) is 6.78. The molecule has 0 spiro atoms. The Morgan fingerprint density at radius 2 is 1.92 bits per heavy atom. The third-order valence-electron chi connectivity index (χ3n) is 4.02. The number of aryl methyl sites for hydroxylation is 1. The highest BCUT2D eigenvalue weighted by Crippen LogP contribution is 2.40. The number of ether oxygens (including phenoxy) is 1. The molecule has 26 heavy (non-hydrogen) atoms. The molecule has 0 radical (unpaired) electrons. The summed E-state index contributed by atoms with van der Waals surface area (Å²) in [4.78, 5) is 4.45. The van der Waals surface area contributed by atoms with E-state index in [0.717, 1.165) is 11.8 Å². The predicted octanol–water partition coefficient (Wildman–Crippen LogP) is 2.82. The first kappa shape index (κ1) is 18.7. The van der Waals surface area contributed by atoms with Gasteiger partial charge in [0, 0.05) is 0 Å². The Morgan fingerprint density at radius 1 is 1.27 bits per heavy atom. The fourth-order valence-electron chi connectivity index (χ4n) is 2.81. The van der Waals surface area contributed by atoms with Crippen LogP contribution in [0.2, 0.25) is 0 Å². The SMILES string of the molecule is Cc1cc([C@]2(c3ccc(F)c(Br)c3)COC(N)=N2)ccc1OS(C)(=O)=O. The topological polar surface area (TPSA) is 91.0 Å². The van der Waals surface area contributed by atoms with E-state index in [1.54, 1.807) is 37.3 Å². The molecule has 3 rings (SSSR count). The van der Waals surface area contributed by atoms with Gasteiger partial charge in [0.2, 0.25) is 0 Å². The number of aliphatic imine (C=N–C) groups is 1. The van der Waals surface area contributed by atoms with E-state index in [9.17, 15) is 12.8 Å². The zero-order chi connectivity index (χ0) is 19.1. The second kappa shape index (κ2) is 6.55. The van der Waals surface area contributed by atoms with Gasteiger partial charge in [-0.3, -0.25) is 0 Å². The standard InChI is InChI=1S/C17H16BrFN2O4S/c1-10-7-11(4-6-15(10)25-26(2,22)23)17(9-24-16(20)21-17)12-3-5-14(19)13(18)8-12/h3-8H,9H2,1-2H3,(H2,20,21)/t17-/m0/s1.